The van der Waals surface area contributed by atoms with Crippen molar-refractivity contribution >= 4 is 10.8 Å². The van der Waals surface area contributed by atoms with Crippen molar-refractivity contribution in [2.75, 3.05) is 7.11 Å². The van der Waals surface area contributed by atoms with Gasteiger partial charge < -0.3 is 23.7 Å². The largest absolute Gasteiger partial charge is 0.497 e. The first-order valence-electron chi connectivity index (χ1n) is 11.7. The topological polar surface area (TPSA) is 74.3 Å². The van der Waals surface area contributed by atoms with Crippen LogP contribution in [0.25, 0.3) is 22.2 Å². The zero-order chi connectivity index (χ0) is 26.3. The second-order valence-electron chi connectivity index (χ2n) is 9.32. The highest BCUT2D eigenvalue weighted by Gasteiger charge is 2.31. The van der Waals surface area contributed by atoms with Crippen LogP contribution in [0.5, 0.6) is 17.4 Å². The van der Waals surface area contributed by atoms with Gasteiger partial charge in [-0.2, -0.15) is 0 Å². The summed E-state index contributed by atoms with van der Waals surface area (Å²) in [4.78, 5) is 0. The predicted molar refractivity (Wildman–Crippen MR) is 136 cm³/mol. The van der Waals surface area contributed by atoms with Crippen LogP contribution in [0.4, 0.5) is 8.78 Å². The minimum absolute atomic E-state index is 0.0777. The molecule has 2 heterocycles. The van der Waals surface area contributed by atoms with Crippen LogP contribution in [0, 0.1) is 11.6 Å². The monoisotopic (exact) mass is 504 g/mol. The second kappa shape index (κ2) is 9.24. The van der Waals surface area contributed by atoms with Crippen molar-refractivity contribution in [1.29, 1.82) is 0 Å². The van der Waals surface area contributed by atoms with E-state index >= 15 is 0 Å². The van der Waals surface area contributed by atoms with Crippen molar-refractivity contribution in [2.24, 2.45) is 7.05 Å². The Balaban J connectivity index is 1.43. The summed E-state index contributed by atoms with van der Waals surface area (Å²) in [6, 6.07) is 16.5. The first-order valence-corrected chi connectivity index (χ1v) is 11.7. The summed E-state index contributed by atoms with van der Waals surface area (Å²) in [5.41, 5.74) is 0.761. The number of hydrogen-bond donors (Lipinski definition) is 1. The van der Waals surface area contributed by atoms with Crippen LogP contribution >= 0.6 is 0 Å². The number of aromatic hydroxyl groups is 1. The van der Waals surface area contributed by atoms with Gasteiger partial charge in [-0.15, -0.1) is 10.2 Å². The van der Waals surface area contributed by atoms with E-state index in [-0.39, 0.29) is 11.6 Å². The molecule has 1 N–H and O–H groups in total. The smallest absolute Gasteiger partial charge is 0.199 e. The average Bonchev–Trinajstić information content (AvgIpc) is 3.41. The van der Waals surface area contributed by atoms with E-state index in [1.54, 1.807) is 37.1 Å². The summed E-state index contributed by atoms with van der Waals surface area (Å²) in [5.74, 6) is 0.442. The van der Waals surface area contributed by atoms with Gasteiger partial charge in [-0.1, -0.05) is 18.2 Å². The fraction of sp³-hybridized carbons (Fsp3) is 0.214. The van der Waals surface area contributed by atoms with Crippen molar-refractivity contribution < 1.29 is 23.4 Å². The van der Waals surface area contributed by atoms with Crippen molar-refractivity contribution in [1.82, 2.24) is 19.3 Å². The van der Waals surface area contributed by atoms with E-state index in [4.69, 9.17) is 9.47 Å². The normalized spacial score (nSPS) is 11.7. The number of benzene rings is 3. The van der Waals surface area contributed by atoms with Gasteiger partial charge in [0.05, 0.1) is 13.7 Å². The summed E-state index contributed by atoms with van der Waals surface area (Å²) < 4.78 is 42.1. The molecular formula is C28H26F2N4O3. The number of aromatic nitrogens is 4. The maximum Gasteiger partial charge on any atom is 0.199 e. The van der Waals surface area contributed by atoms with Gasteiger partial charge in [0.15, 0.2) is 34.7 Å². The molecule has 3 aromatic carbocycles. The lowest BCUT2D eigenvalue weighted by molar-refractivity contribution is 0.0892. The fourth-order valence-electron chi connectivity index (χ4n) is 4.43. The van der Waals surface area contributed by atoms with Gasteiger partial charge >= 0.3 is 0 Å². The molecule has 0 aliphatic rings. The minimum atomic E-state index is -1.05. The van der Waals surface area contributed by atoms with Crippen LogP contribution in [0.3, 0.4) is 0 Å². The Kier molecular flexibility index (Phi) is 6.07. The number of nitrogens with zero attached hydrogens (tertiary/aromatic N) is 4. The van der Waals surface area contributed by atoms with E-state index in [9.17, 15) is 13.9 Å². The van der Waals surface area contributed by atoms with Gasteiger partial charge in [0.25, 0.3) is 0 Å². The summed E-state index contributed by atoms with van der Waals surface area (Å²) >= 11 is 0. The Labute approximate surface area is 212 Å². The van der Waals surface area contributed by atoms with Gasteiger partial charge in [0, 0.05) is 35.6 Å². The molecule has 0 aliphatic carbocycles. The van der Waals surface area contributed by atoms with E-state index in [0.717, 1.165) is 39.8 Å². The van der Waals surface area contributed by atoms with Crippen molar-refractivity contribution in [3.8, 4) is 28.8 Å². The molecule has 9 heteroatoms. The summed E-state index contributed by atoms with van der Waals surface area (Å²) in [7, 11) is 3.42. The lowest BCUT2D eigenvalue weighted by Gasteiger charge is -2.25. The molecule has 37 heavy (non-hydrogen) atoms. The number of rotatable bonds is 7. The minimum Gasteiger partial charge on any atom is -0.497 e. The molecule has 5 aromatic rings. The lowest BCUT2D eigenvalue weighted by atomic mass is 10.1. The number of fused-ring (bicyclic) bond motifs is 1. The number of halogens is 2. The van der Waals surface area contributed by atoms with Gasteiger partial charge in [0.1, 0.15) is 11.6 Å². The van der Waals surface area contributed by atoms with Gasteiger partial charge in [-0.25, -0.2) is 8.78 Å². The van der Waals surface area contributed by atoms with Gasteiger partial charge in [-0.05, 0) is 55.8 Å². The zero-order valence-corrected chi connectivity index (χ0v) is 20.9. The van der Waals surface area contributed by atoms with Crippen LogP contribution < -0.4 is 9.47 Å². The highest BCUT2D eigenvalue weighted by atomic mass is 19.1. The Bertz CT molecular complexity index is 1590. The van der Waals surface area contributed by atoms with E-state index in [1.165, 1.54) is 6.07 Å². The molecule has 0 atom stereocenters. The number of hydrogen-bond acceptors (Lipinski definition) is 5. The fourth-order valence-corrected chi connectivity index (χ4v) is 4.43. The first kappa shape index (κ1) is 24.3. The molecular weight excluding hydrogens is 478 g/mol. The molecule has 0 aliphatic heterocycles. The van der Waals surface area contributed by atoms with Crippen LogP contribution in [0.15, 0.2) is 66.9 Å². The second-order valence-corrected chi connectivity index (χ2v) is 9.32. The Morgan fingerprint density at radius 3 is 2.43 bits per heavy atom. The summed E-state index contributed by atoms with van der Waals surface area (Å²) in [6.07, 6.45) is 1.89. The van der Waals surface area contributed by atoms with Crippen LogP contribution in [0.1, 0.15) is 25.2 Å². The molecule has 190 valence electrons. The number of ether oxygens (including phenoxy) is 2. The van der Waals surface area contributed by atoms with E-state index in [1.807, 2.05) is 48.7 Å². The Morgan fingerprint density at radius 1 is 0.973 bits per heavy atom. The molecule has 0 spiro atoms. The van der Waals surface area contributed by atoms with E-state index < -0.39 is 17.2 Å². The standard InChI is InChI=1S/C28H26F2N4O3/c1-28(2,37-24-12-8-20(29)14-23(24)30)27-32-31-25(33(27)3)18-7-11-22-19(13-18)16-34(26(22)35)15-17-5-9-21(36-4)10-6-17/h5-14,16,35H,15H2,1-4H3. The molecule has 0 bridgehead atoms. The van der Waals surface area contributed by atoms with Gasteiger partial charge in [0.2, 0.25) is 0 Å². The maximum atomic E-state index is 14.2. The van der Waals surface area contributed by atoms with Crippen molar-refractivity contribution in [2.45, 2.75) is 26.0 Å². The van der Waals surface area contributed by atoms with Crippen LogP contribution in [-0.4, -0.2) is 31.5 Å². The Hall–Kier alpha value is -4.40. The molecule has 7 nitrogen and oxygen atoms in total. The van der Waals surface area contributed by atoms with Gasteiger partial charge in [-0.3, -0.25) is 0 Å². The average molecular weight is 505 g/mol. The molecule has 0 fully saturated rings. The molecule has 0 saturated heterocycles. The third-order valence-corrected chi connectivity index (χ3v) is 6.30. The first-order chi connectivity index (χ1) is 17.7. The SMILES string of the molecule is COc1ccc(Cn2cc3cc(-c4nnc(C(C)(C)Oc5ccc(F)cc5F)n4C)ccc3c2O)cc1. The maximum absolute atomic E-state index is 14.2. The highest BCUT2D eigenvalue weighted by molar-refractivity contribution is 5.91. The van der Waals surface area contributed by atoms with Crippen LogP contribution in [0.2, 0.25) is 0 Å². The summed E-state index contributed by atoms with van der Waals surface area (Å²) in [5, 5.41) is 21.0. The molecule has 2 aromatic heterocycles. The quantitative estimate of drug-likeness (QED) is 0.304. The highest BCUT2D eigenvalue weighted by Crippen LogP contribution is 2.34. The third kappa shape index (κ3) is 4.60. The molecule has 0 unspecified atom stereocenters. The third-order valence-electron chi connectivity index (χ3n) is 6.30. The Morgan fingerprint density at radius 2 is 1.73 bits per heavy atom. The van der Waals surface area contributed by atoms with Crippen LogP contribution in [-0.2, 0) is 19.2 Å². The summed E-state index contributed by atoms with van der Waals surface area (Å²) in [6.45, 7) is 3.98. The zero-order valence-electron chi connectivity index (χ0n) is 20.9. The van der Waals surface area contributed by atoms with E-state index in [0.29, 0.717) is 18.2 Å². The van der Waals surface area contributed by atoms with E-state index in [2.05, 4.69) is 10.2 Å². The molecule has 0 radical (unpaired) electrons. The molecule has 5 rings (SSSR count). The number of methoxy groups -OCH3 is 1. The predicted octanol–water partition coefficient (Wildman–Crippen LogP) is 5.79. The van der Waals surface area contributed by atoms with Crippen molar-refractivity contribution in [3.63, 3.8) is 0 Å². The molecule has 0 saturated carbocycles. The van der Waals surface area contributed by atoms with Crippen molar-refractivity contribution in [3.05, 3.63) is 89.9 Å². The lowest BCUT2D eigenvalue weighted by Crippen LogP contribution is -2.29. The molecule has 0 amide bonds.